The third-order valence-corrected chi connectivity index (χ3v) is 3.39. The van der Waals surface area contributed by atoms with E-state index in [1.165, 1.54) is 0 Å². The first-order valence-corrected chi connectivity index (χ1v) is 6.28. The van der Waals surface area contributed by atoms with Crippen LogP contribution in [-0.4, -0.2) is 9.78 Å². The summed E-state index contributed by atoms with van der Waals surface area (Å²) in [6, 6.07) is 10.1. The van der Waals surface area contributed by atoms with E-state index in [0.29, 0.717) is 5.57 Å². The quantitative estimate of drug-likeness (QED) is 0.796. The van der Waals surface area contributed by atoms with Crippen LogP contribution >= 0.6 is 15.9 Å². The van der Waals surface area contributed by atoms with E-state index in [1.54, 1.807) is 10.9 Å². The number of hydrogen-bond acceptors (Lipinski definition) is 2. The summed E-state index contributed by atoms with van der Waals surface area (Å²) in [6.45, 7) is 2.00. The van der Waals surface area contributed by atoms with Crippen molar-refractivity contribution in [2.45, 2.75) is 6.92 Å². The Morgan fingerprint density at radius 3 is 2.72 bits per heavy atom. The van der Waals surface area contributed by atoms with Gasteiger partial charge in [0.1, 0.15) is 0 Å². The van der Waals surface area contributed by atoms with E-state index in [4.69, 9.17) is 0 Å². The highest BCUT2D eigenvalue weighted by atomic mass is 79.9. The van der Waals surface area contributed by atoms with Gasteiger partial charge in [0.15, 0.2) is 0 Å². The van der Waals surface area contributed by atoms with Crippen molar-refractivity contribution in [2.24, 2.45) is 7.05 Å². The van der Waals surface area contributed by atoms with Gasteiger partial charge in [-0.2, -0.15) is 10.4 Å². The number of nitriles is 1. The molecular weight excluding hydrogens is 290 g/mol. The second-order valence-electron chi connectivity index (χ2n) is 3.99. The molecule has 0 amide bonds. The first-order chi connectivity index (χ1) is 8.63. The highest BCUT2D eigenvalue weighted by Crippen LogP contribution is 2.24. The van der Waals surface area contributed by atoms with E-state index in [0.717, 1.165) is 21.3 Å². The Hall–Kier alpha value is -1.86. The van der Waals surface area contributed by atoms with E-state index in [9.17, 15) is 5.26 Å². The Bertz CT molecular complexity index is 628. The van der Waals surface area contributed by atoms with Crippen LogP contribution in [0.1, 0.15) is 16.8 Å². The molecule has 2 aromatic rings. The number of halogens is 1. The predicted octanol–water partition coefficient (Wildman–Crippen LogP) is 3.56. The Labute approximate surface area is 114 Å². The second-order valence-corrected chi connectivity index (χ2v) is 4.84. The molecule has 0 fully saturated rings. The minimum absolute atomic E-state index is 0.636. The Balaban J connectivity index is 2.55. The molecule has 0 saturated carbocycles. The monoisotopic (exact) mass is 301 g/mol. The van der Waals surface area contributed by atoms with E-state index < -0.39 is 0 Å². The molecule has 0 unspecified atom stereocenters. The summed E-state index contributed by atoms with van der Waals surface area (Å²) in [5, 5.41) is 13.5. The summed E-state index contributed by atoms with van der Waals surface area (Å²) in [6.07, 6.45) is 3.57. The van der Waals surface area contributed by atoms with Gasteiger partial charge >= 0.3 is 0 Å². The first kappa shape index (κ1) is 12.6. The number of rotatable bonds is 2. The molecule has 0 aliphatic rings. The van der Waals surface area contributed by atoms with Gasteiger partial charge in [-0.15, -0.1) is 0 Å². The molecule has 0 radical (unpaired) electrons. The number of aryl methyl sites for hydroxylation is 2. The Kier molecular flexibility index (Phi) is 3.63. The molecule has 0 N–H and O–H groups in total. The minimum atomic E-state index is 0.636. The molecule has 2 rings (SSSR count). The molecule has 0 bridgehead atoms. The maximum Gasteiger partial charge on any atom is 0.0998 e. The molecular formula is C14H12BrN3. The summed E-state index contributed by atoms with van der Waals surface area (Å²) < 4.78 is 2.62. The van der Waals surface area contributed by atoms with Gasteiger partial charge < -0.3 is 0 Å². The van der Waals surface area contributed by atoms with Gasteiger partial charge in [-0.1, -0.05) is 24.3 Å². The van der Waals surface area contributed by atoms with Crippen LogP contribution in [0.25, 0.3) is 11.6 Å². The van der Waals surface area contributed by atoms with E-state index >= 15 is 0 Å². The standard InChI is InChI=1S/C14H12BrN3/c1-10-5-3-4-6-12(10)11(8-16)7-14-13(15)9-17-18(14)2/h3-7,9H,1-2H3/b11-7+. The zero-order valence-electron chi connectivity index (χ0n) is 10.2. The summed E-state index contributed by atoms with van der Waals surface area (Å²) >= 11 is 3.43. The van der Waals surface area contributed by atoms with Crippen molar-refractivity contribution in [1.29, 1.82) is 5.26 Å². The van der Waals surface area contributed by atoms with Crippen LogP contribution in [0.2, 0.25) is 0 Å². The lowest BCUT2D eigenvalue weighted by atomic mass is 10.0. The second kappa shape index (κ2) is 5.19. The van der Waals surface area contributed by atoms with Crippen LogP contribution in [0, 0.1) is 18.3 Å². The minimum Gasteiger partial charge on any atom is -0.267 e. The molecule has 4 heteroatoms. The van der Waals surface area contributed by atoms with Gasteiger partial charge in [0.25, 0.3) is 0 Å². The highest BCUT2D eigenvalue weighted by Gasteiger charge is 2.08. The molecule has 0 aliphatic carbocycles. The third kappa shape index (κ3) is 2.36. The molecule has 1 aromatic carbocycles. The van der Waals surface area contributed by atoms with Crippen molar-refractivity contribution < 1.29 is 0 Å². The van der Waals surface area contributed by atoms with Gasteiger partial charge in [-0.3, -0.25) is 4.68 Å². The molecule has 0 aliphatic heterocycles. The fourth-order valence-corrected chi connectivity index (χ4v) is 2.23. The van der Waals surface area contributed by atoms with Gasteiger partial charge in [0, 0.05) is 7.05 Å². The lowest BCUT2D eigenvalue weighted by Crippen LogP contribution is -1.94. The molecule has 3 nitrogen and oxygen atoms in total. The molecule has 0 spiro atoms. The Morgan fingerprint density at radius 1 is 1.44 bits per heavy atom. The molecule has 0 saturated heterocycles. The fraction of sp³-hybridized carbons (Fsp3) is 0.143. The van der Waals surface area contributed by atoms with Crippen LogP contribution in [-0.2, 0) is 7.05 Å². The summed E-state index contributed by atoms with van der Waals surface area (Å²) in [4.78, 5) is 0. The molecule has 1 heterocycles. The van der Waals surface area contributed by atoms with Crippen molar-refractivity contribution in [3.8, 4) is 6.07 Å². The SMILES string of the molecule is Cc1ccccc1/C(C#N)=C/c1c(Br)cnn1C. The normalized spacial score (nSPS) is 11.3. The molecule has 90 valence electrons. The van der Waals surface area contributed by atoms with Crippen LogP contribution in [0.15, 0.2) is 34.9 Å². The number of aromatic nitrogens is 2. The fourth-order valence-electron chi connectivity index (χ4n) is 1.76. The average Bonchev–Trinajstić information content (AvgIpc) is 2.68. The van der Waals surface area contributed by atoms with Gasteiger partial charge in [0.2, 0.25) is 0 Å². The van der Waals surface area contributed by atoms with Gasteiger partial charge in [-0.25, -0.2) is 0 Å². The number of benzene rings is 1. The predicted molar refractivity (Wildman–Crippen MR) is 75.6 cm³/mol. The smallest absolute Gasteiger partial charge is 0.0998 e. The number of allylic oxidation sites excluding steroid dienone is 1. The summed E-state index contributed by atoms with van der Waals surface area (Å²) in [5.41, 5.74) is 3.56. The van der Waals surface area contributed by atoms with Crippen molar-refractivity contribution in [1.82, 2.24) is 9.78 Å². The number of hydrogen-bond donors (Lipinski definition) is 0. The average molecular weight is 302 g/mol. The van der Waals surface area contributed by atoms with E-state index in [-0.39, 0.29) is 0 Å². The Morgan fingerprint density at radius 2 is 2.17 bits per heavy atom. The molecule has 0 atom stereocenters. The lowest BCUT2D eigenvalue weighted by molar-refractivity contribution is 0.759. The summed E-state index contributed by atoms with van der Waals surface area (Å²) in [5.74, 6) is 0. The van der Waals surface area contributed by atoms with Crippen molar-refractivity contribution in [3.05, 3.63) is 51.8 Å². The van der Waals surface area contributed by atoms with Crippen LogP contribution in [0.4, 0.5) is 0 Å². The zero-order valence-corrected chi connectivity index (χ0v) is 11.8. The van der Waals surface area contributed by atoms with Crippen molar-refractivity contribution in [2.75, 3.05) is 0 Å². The highest BCUT2D eigenvalue weighted by molar-refractivity contribution is 9.10. The lowest BCUT2D eigenvalue weighted by Gasteiger charge is -2.04. The largest absolute Gasteiger partial charge is 0.267 e. The van der Waals surface area contributed by atoms with Gasteiger partial charge in [-0.05, 0) is 40.1 Å². The maximum atomic E-state index is 9.32. The van der Waals surface area contributed by atoms with E-state index in [1.807, 2.05) is 44.3 Å². The van der Waals surface area contributed by atoms with Crippen molar-refractivity contribution >= 4 is 27.6 Å². The summed E-state index contributed by atoms with van der Waals surface area (Å²) in [7, 11) is 1.85. The zero-order chi connectivity index (χ0) is 13.1. The van der Waals surface area contributed by atoms with Crippen LogP contribution in [0.3, 0.4) is 0 Å². The molecule has 1 aromatic heterocycles. The van der Waals surface area contributed by atoms with E-state index in [2.05, 4.69) is 27.1 Å². The van der Waals surface area contributed by atoms with Gasteiger partial charge in [0.05, 0.1) is 28.0 Å². The topological polar surface area (TPSA) is 41.6 Å². The first-order valence-electron chi connectivity index (χ1n) is 5.48. The van der Waals surface area contributed by atoms with Crippen LogP contribution in [0.5, 0.6) is 0 Å². The van der Waals surface area contributed by atoms with Crippen molar-refractivity contribution in [3.63, 3.8) is 0 Å². The van der Waals surface area contributed by atoms with Crippen LogP contribution < -0.4 is 0 Å². The maximum absolute atomic E-state index is 9.32. The number of nitrogens with zero attached hydrogens (tertiary/aromatic N) is 3. The molecule has 18 heavy (non-hydrogen) atoms. The third-order valence-electron chi connectivity index (χ3n) is 2.77.